The zero-order valence-corrected chi connectivity index (χ0v) is 8.86. The Morgan fingerprint density at radius 2 is 2.19 bits per heavy atom. The number of morpholine rings is 1. The number of hydrogen-bond donors (Lipinski definition) is 1. The Balaban J connectivity index is 1.77. The molecular weight excluding hydrogens is 206 g/mol. The van der Waals surface area contributed by atoms with E-state index in [9.17, 15) is 0 Å². The lowest BCUT2D eigenvalue weighted by Gasteiger charge is -2.27. The summed E-state index contributed by atoms with van der Waals surface area (Å²) in [7, 11) is 0. The topological polar surface area (TPSA) is 39.7 Å². The second kappa shape index (κ2) is 2.90. The van der Waals surface area contributed by atoms with Crippen LogP contribution < -0.4 is 14.8 Å². The van der Waals surface area contributed by atoms with Crippen LogP contribution in [-0.2, 0) is 10.3 Å². The zero-order valence-electron chi connectivity index (χ0n) is 8.86. The highest BCUT2D eigenvalue weighted by molar-refractivity contribution is 5.46. The molecule has 0 aliphatic carbocycles. The molecular formula is C12H13NO3. The van der Waals surface area contributed by atoms with E-state index < -0.39 is 0 Å². The van der Waals surface area contributed by atoms with Crippen LogP contribution in [0.4, 0.5) is 0 Å². The van der Waals surface area contributed by atoms with Gasteiger partial charge in [-0.25, -0.2) is 0 Å². The smallest absolute Gasteiger partial charge is 0.231 e. The third kappa shape index (κ3) is 1.06. The van der Waals surface area contributed by atoms with Crippen molar-refractivity contribution in [1.82, 2.24) is 5.32 Å². The zero-order chi connectivity index (χ0) is 10.6. The van der Waals surface area contributed by atoms with Gasteiger partial charge in [0, 0.05) is 12.6 Å². The molecule has 4 heteroatoms. The van der Waals surface area contributed by atoms with E-state index in [0.29, 0.717) is 12.8 Å². The average molecular weight is 219 g/mol. The molecule has 2 saturated heterocycles. The molecule has 4 nitrogen and oxygen atoms in total. The molecule has 0 spiro atoms. The number of benzene rings is 1. The second-order valence-electron chi connectivity index (χ2n) is 4.66. The van der Waals surface area contributed by atoms with Crippen molar-refractivity contribution in [2.45, 2.75) is 18.1 Å². The molecule has 0 amide bonds. The first kappa shape index (κ1) is 8.84. The second-order valence-corrected chi connectivity index (χ2v) is 4.66. The van der Waals surface area contributed by atoms with Gasteiger partial charge in [-0.15, -0.1) is 0 Å². The van der Waals surface area contributed by atoms with E-state index in [1.165, 1.54) is 5.56 Å². The Kier molecular flexibility index (Phi) is 1.60. The maximum Gasteiger partial charge on any atom is 0.231 e. The van der Waals surface area contributed by atoms with Crippen LogP contribution in [0, 0.1) is 0 Å². The lowest BCUT2D eigenvalue weighted by atomic mass is 9.92. The molecule has 0 unspecified atom stereocenters. The van der Waals surface area contributed by atoms with Gasteiger partial charge in [0.05, 0.1) is 6.61 Å². The average Bonchev–Trinajstić information content (AvgIpc) is 3.04. The molecule has 3 aliphatic rings. The van der Waals surface area contributed by atoms with Crippen molar-refractivity contribution in [3.05, 3.63) is 23.8 Å². The summed E-state index contributed by atoms with van der Waals surface area (Å²) in [6, 6.07) is 6.63. The highest BCUT2D eigenvalue weighted by Crippen LogP contribution is 2.43. The van der Waals surface area contributed by atoms with Crippen LogP contribution in [0.2, 0.25) is 0 Å². The molecule has 0 aromatic heterocycles. The highest BCUT2D eigenvalue weighted by Gasteiger charge is 2.47. The van der Waals surface area contributed by atoms with Crippen molar-refractivity contribution in [1.29, 1.82) is 0 Å². The summed E-state index contributed by atoms with van der Waals surface area (Å²) in [5.74, 6) is 1.67. The van der Waals surface area contributed by atoms with Crippen LogP contribution in [0.5, 0.6) is 11.5 Å². The lowest BCUT2D eigenvalue weighted by molar-refractivity contribution is -0.00969. The standard InChI is InChI=1S/C12H13NO3/c1-2-10-11(15-7-14-10)3-8(1)12-4-9(5-16-12)13-6-12/h1-3,9,13H,4-7H2/t9-,12-/m0/s1. The van der Waals surface area contributed by atoms with E-state index in [4.69, 9.17) is 14.2 Å². The number of fused-ring (bicyclic) bond motifs is 3. The molecule has 84 valence electrons. The maximum atomic E-state index is 5.93. The van der Waals surface area contributed by atoms with Crippen LogP contribution in [0.1, 0.15) is 12.0 Å². The summed E-state index contributed by atoms with van der Waals surface area (Å²) in [4.78, 5) is 0. The summed E-state index contributed by atoms with van der Waals surface area (Å²) in [6.45, 7) is 2.04. The van der Waals surface area contributed by atoms with Crippen molar-refractivity contribution < 1.29 is 14.2 Å². The third-order valence-corrected chi connectivity index (χ3v) is 3.71. The molecule has 2 atom stereocenters. The lowest BCUT2D eigenvalue weighted by Crippen LogP contribution is -2.37. The van der Waals surface area contributed by atoms with Gasteiger partial charge in [-0.2, -0.15) is 0 Å². The highest BCUT2D eigenvalue weighted by atomic mass is 16.7. The Labute approximate surface area is 93.5 Å². The molecule has 3 aliphatic heterocycles. The van der Waals surface area contributed by atoms with Crippen molar-refractivity contribution >= 4 is 0 Å². The maximum absolute atomic E-state index is 5.93. The Morgan fingerprint density at radius 3 is 2.94 bits per heavy atom. The number of nitrogens with one attached hydrogen (secondary N) is 1. The van der Waals surface area contributed by atoms with Gasteiger partial charge in [0.2, 0.25) is 6.79 Å². The molecule has 16 heavy (non-hydrogen) atoms. The number of ether oxygens (including phenoxy) is 3. The van der Waals surface area contributed by atoms with Crippen LogP contribution in [0.3, 0.4) is 0 Å². The number of rotatable bonds is 1. The minimum Gasteiger partial charge on any atom is -0.454 e. The normalized spacial score (nSPS) is 34.6. The fourth-order valence-electron chi connectivity index (χ4n) is 2.82. The molecule has 0 saturated carbocycles. The number of hydrogen-bond acceptors (Lipinski definition) is 4. The van der Waals surface area contributed by atoms with Gasteiger partial charge in [0.1, 0.15) is 5.60 Å². The summed E-state index contributed by atoms with van der Waals surface area (Å²) in [5, 5.41) is 3.47. The van der Waals surface area contributed by atoms with Crippen LogP contribution >= 0.6 is 0 Å². The molecule has 4 rings (SSSR count). The van der Waals surface area contributed by atoms with Crippen molar-refractivity contribution in [2.75, 3.05) is 19.9 Å². The van der Waals surface area contributed by atoms with Gasteiger partial charge in [0.25, 0.3) is 0 Å². The minimum absolute atomic E-state index is 0.133. The predicted octanol–water partition coefficient (Wildman–Crippen LogP) is 1.00. The van der Waals surface area contributed by atoms with E-state index in [1.807, 2.05) is 6.07 Å². The van der Waals surface area contributed by atoms with Crippen LogP contribution in [0.15, 0.2) is 18.2 Å². The molecule has 2 fully saturated rings. The molecule has 1 aromatic rings. The molecule has 0 radical (unpaired) electrons. The van der Waals surface area contributed by atoms with Crippen LogP contribution in [-0.4, -0.2) is 26.0 Å². The summed E-state index contributed by atoms with van der Waals surface area (Å²) in [6.07, 6.45) is 1.06. The monoisotopic (exact) mass is 219 g/mol. The van der Waals surface area contributed by atoms with Crippen molar-refractivity contribution in [2.24, 2.45) is 0 Å². The van der Waals surface area contributed by atoms with Gasteiger partial charge >= 0.3 is 0 Å². The fraction of sp³-hybridized carbons (Fsp3) is 0.500. The van der Waals surface area contributed by atoms with E-state index in [0.717, 1.165) is 31.1 Å². The largest absolute Gasteiger partial charge is 0.454 e. The Morgan fingerprint density at radius 1 is 1.25 bits per heavy atom. The first-order valence-corrected chi connectivity index (χ1v) is 5.63. The predicted molar refractivity (Wildman–Crippen MR) is 56.6 cm³/mol. The quantitative estimate of drug-likeness (QED) is 0.765. The van der Waals surface area contributed by atoms with Crippen molar-refractivity contribution in [3.8, 4) is 11.5 Å². The van der Waals surface area contributed by atoms with E-state index >= 15 is 0 Å². The van der Waals surface area contributed by atoms with Gasteiger partial charge in [-0.05, 0) is 24.1 Å². The Hall–Kier alpha value is -1.26. The van der Waals surface area contributed by atoms with E-state index in [2.05, 4.69) is 17.4 Å². The first-order chi connectivity index (χ1) is 7.86. The van der Waals surface area contributed by atoms with Gasteiger partial charge in [0.15, 0.2) is 11.5 Å². The fourth-order valence-corrected chi connectivity index (χ4v) is 2.82. The molecule has 1 N–H and O–H groups in total. The van der Waals surface area contributed by atoms with E-state index in [-0.39, 0.29) is 5.60 Å². The molecule has 3 heterocycles. The van der Waals surface area contributed by atoms with Crippen LogP contribution in [0.25, 0.3) is 0 Å². The van der Waals surface area contributed by atoms with Gasteiger partial charge in [-0.1, -0.05) is 6.07 Å². The first-order valence-electron chi connectivity index (χ1n) is 5.63. The summed E-state index contributed by atoms with van der Waals surface area (Å²) < 4.78 is 16.6. The van der Waals surface area contributed by atoms with Crippen molar-refractivity contribution in [3.63, 3.8) is 0 Å². The molecule has 2 bridgehead atoms. The molecule has 1 aromatic carbocycles. The minimum atomic E-state index is -0.133. The van der Waals surface area contributed by atoms with E-state index in [1.54, 1.807) is 0 Å². The van der Waals surface area contributed by atoms with Gasteiger partial charge in [-0.3, -0.25) is 0 Å². The third-order valence-electron chi connectivity index (χ3n) is 3.71. The SMILES string of the molecule is c1cc2c(cc1[C@]13CN[C@H](CO1)C3)OCO2. The Bertz CT molecular complexity index is 438. The van der Waals surface area contributed by atoms with Gasteiger partial charge < -0.3 is 19.5 Å². The summed E-state index contributed by atoms with van der Waals surface area (Å²) >= 11 is 0. The summed E-state index contributed by atoms with van der Waals surface area (Å²) in [5.41, 5.74) is 1.07.